The molecule has 0 atom stereocenters. The molecule has 0 amide bonds. The highest BCUT2D eigenvalue weighted by molar-refractivity contribution is 9.10. The van der Waals surface area contributed by atoms with Crippen LogP contribution in [-0.2, 0) is 5.88 Å². The third-order valence-electron chi connectivity index (χ3n) is 2.14. The van der Waals surface area contributed by atoms with Gasteiger partial charge in [-0.05, 0) is 28.1 Å². The van der Waals surface area contributed by atoms with Crippen molar-refractivity contribution in [1.82, 2.24) is 15.0 Å². The second-order valence-corrected chi connectivity index (χ2v) is 4.21. The van der Waals surface area contributed by atoms with E-state index in [1.165, 1.54) is 0 Å². The van der Waals surface area contributed by atoms with Gasteiger partial charge in [-0.15, -0.1) is 16.7 Å². The van der Waals surface area contributed by atoms with E-state index in [0.717, 1.165) is 21.6 Å². The molecule has 1 aromatic heterocycles. The molecule has 0 saturated heterocycles. The van der Waals surface area contributed by atoms with Gasteiger partial charge < -0.3 is 4.74 Å². The van der Waals surface area contributed by atoms with E-state index in [2.05, 4.69) is 26.2 Å². The van der Waals surface area contributed by atoms with Gasteiger partial charge in [0.15, 0.2) is 0 Å². The second kappa shape index (κ2) is 4.84. The third-order valence-corrected chi connectivity index (χ3v) is 3.08. The van der Waals surface area contributed by atoms with Crippen LogP contribution in [-0.4, -0.2) is 22.1 Å². The fourth-order valence-electron chi connectivity index (χ4n) is 1.33. The van der Waals surface area contributed by atoms with Crippen LogP contribution >= 0.6 is 27.5 Å². The van der Waals surface area contributed by atoms with E-state index in [9.17, 15) is 0 Å². The molecule has 1 heterocycles. The van der Waals surface area contributed by atoms with Gasteiger partial charge in [-0.25, -0.2) is 4.68 Å². The lowest BCUT2D eigenvalue weighted by atomic mass is 10.3. The minimum atomic E-state index is 0.358. The van der Waals surface area contributed by atoms with Crippen LogP contribution < -0.4 is 4.74 Å². The van der Waals surface area contributed by atoms with Crippen LogP contribution in [0.4, 0.5) is 0 Å². The number of methoxy groups -OCH3 is 1. The summed E-state index contributed by atoms with van der Waals surface area (Å²) in [5, 5.41) is 7.82. The molecule has 84 valence electrons. The Morgan fingerprint density at radius 3 is 3.00 bits per heavy atom. The average molecular weight is 303 g/mol. The predicted octanol–water partition coefficient (Wildman–Crippen LogP) is 2.78. The van der Waals surface area contributed by atoms with Crippen LogP contribution in [0, 0.1) is 0 Å². The van der Waals surface area contributed by atoms with Crippen molar-refractivity contribution in [3.05, 3.63) is 34.6 Å². The quantitative estimate of drug-likeness (QED) is 0.819. The molecule has 16 heavy (non-hydrogen) atoms. The summed E-state index contributed by atoms with van der Waals surface area (Å²) < 4.78 is 7.75. The SMILES string of the molecule is COc1ccc(Br)c(-n2nncc2CCl)c1. The lowest BCUT2D eigenvalue weighted by Crippen LogP contribution is -2.02. The van der Waals surface area contributed by atoms with Gasteiger partial charge in [-0.2, -0.15) is 0 Å². The number of hydrogen-bond acceptors (Lipinski definition) is 3. The first-order chi connectivity index (χ1) is 7.76. The minimum Gasteiger partial charge on any atom is -0.497 e. The topological polar surface area (TPSA) is 39.9 Å². The molecule has 0 spiro atoms. The van der Waals surface area contributed by atoms with E-state index in [1.54, 1.807) is 18.0 Å². The van der Waals surface area contributed by atoms with Crippen molar-refractivity contribution in [2.75, 3.05) is 7.11 Å². The number of rotatable bonds is 3. The standard InChI is InChI=1S/C10H9BrClN3O/c1-16-8-2-3-9(11)10(4-8)15-7(5-12)6-13-14-15/h2-4,6H,5H2,1H3. The summed E-state index contributed by atoms with van der Waals surface area (Å²) in [6, 6.07) is 5.63. The van der Waals surface area contributed by atoms with Gasteiger partial charge >= 0.3 is 0 Å². The van der Waals surface area contributed by atoms with Crippen molar-refractivity contribution >= 4 is 27.5 Å². The van der Waals surface area contributed by atoms with Crippen molar-refractivity contribution in [1.29, 1.82) is 0 Å². The molecule has 2 aromatic rings. The van der Waals surface area contributed by atoms with Crippen molar-refractivity contribution in [3.63, 3.8) is 0 Å². The Bertz CT molecular complexity index is 501. The van der Waals surface area contributed by atoms with Crippen LogP contribution in [0.1, 0.15) is 5.69 Å². The van der Waals surface area contributed by atoms with Crippen LogP contribution in [0.15, 0.2) is 28.9 Å². The lowest BCUT2D eigenvalue weighted by Gasteiger charge is -2.08. The molecular weight excluding hydrogens is 293 g/mol. The molecule has 6 heteroatoms. The van der Waals surface area contributed by atoms with Gasteiger partial charge in [0.05, 0.1) is 30.6 Å². The van der Waals surface area contributed by atoms with E-state index in [1.807, 2.05) is 18.2 Å². The summed E-state index contributed by atoms with van der Waals surface area (Å²) in [6.07, 6.45) is 1.64. The molecule has 0 aliphatic carbocycles. The Hall–Kier alpha value is -1.07. The smallest absolute Gasteiger partial charge is 0.121 e. The van der Waals surface area contributed by atoms with E-state index in [0.29, 0.717) is 5.88 Å². The van der Waals surface area contributed by atoms with Crippen molar-refractivity contribution in [2.45, 2.75) is 5.88 Å². The first-order valence-corrected chi connectivity index (χ1v) is 5.88. The Labute approximate surface area is 106 Å². The second-order valence-electron chi connectivity index (χ2n) is 3.09. The highest BCUT2D eigenvalue weighted by Crippen LogP contribution is 2.26. The zero-order chi connectivity index (χ0) is 11.5. The van der Waals surface area contributed by atoms with Crippen LogP contribution in [0.3, 0.4) is 0 Å². The van der Waals surface area contributed by atoms with Gasteiger partial charge in [0.1, 0.15) is 5.75 Å². The molecule has 1 aromatic carbocycles. The molecule has 0 fully saturated rings. The maximum Gasteiger partial charge on any atom is 0.121 e. The normalized spacial score (nSPS) is 10.4. The van der Waals surface area contributed by atoms with Gasteiger partial charge in [0.25, 0.3) is 0 Å². The summed E-state index contributed by atoms with van der Waals surface area (Å²) in [5.41, 5.74) is 1.68. The molecule has 0 aliphatic heterocycles. The van der Waals surface area contributed by atoms with Crippen LogP contribution in [0.25, 0.3) is 5.69 Å². The van der Waals surface area contributed by atoms with Gasteiger partial charge in [0.2, 0.25) is 0 Å². The molecule has 0 unspecified atom stereocenters. The fourth-order valence-corrected chi connectivity index (χ4v) is 1.93. The Morgan fingerprint density at radius 1 is 1.50 bits per heavy atom. The van der Waals surface area contributed by atoms with Gasteiger partial charge in [-0.3, -0.25) is 0 Å². The molecule has 0 aliphatic rings. The highest BCUT2D eigenvalue weighted by Gasteiger charge is 2.09. The number of aromatic nitrogens is 3. The first-order valence-electron chi connectivity index (χ1n) is 4.55. The molecule has 0 N–H and O–H groups in total. The summed E-state index contributed by atoms with van der Waals surface area (Å²) in [6.45, 7) is 0. The maximum absolute atomic E-state index is 5.80. The van der Waals surface area contributed by atoms with Crippen molar-refractivity contribution in [2.24, 2.45) is 0 Å². The van der Waals surface area contributed by atoms with Gasteiger partial charge in [-0.1, -0.05) is 5.21 Å². The third kappa shape index (κ3) is 2.05. The number of halogens is 2. The zero-order valence-electron chi connectivity index (χ0n) is 8.52. The van der Waals surface area contributed by atoms with E-state index < -0.39 is 0 Å². The summed E-state index contributed by atoms with van der Waals surface area (Å²) in [5.74, 6) is 1.12. The van der Waals surface area contributed by atoms with E-state index in [4.69, 9.17) is 16.3 Å². The number of benzene rings is 1. The first kappa shape index (κ1) is 11.4. The van der Waals surface area contributed by atoms with Crippen LogP contribution in [0.5, 0.6) is 5.75 Å². The summed E-state index contributed by atoms with van der Waals surface area (Å²) in [7, 11) is 1.62. The number of nitrogens with zero attached hydrogens (tertiary/aromatic N) is 3. The van der Waals surface area contributed by atoms with E-state index >= 15 is 0 Å². The summed E-state index contributed by atoms with van der Waals surface area (Å²) >= 11 is 9.26. The lowest BCUT2D eigenvalue weighted by molar-refractivity contribution is 0.414. The molecule has 0 saturated carbocycles. The van der Waals surface area contributed by atoms with Gasteiger partial charge in [0, 0.05) is 10.5 Å². The average Bonchev–Trinajstić information content (AvgIpc) is 2.77. The number of hydrogen-bond donors (Lipinski definition) is 0. The fraction of sp³-hybridized carbons (Fsp3) is 0.200. The Balaban J connectivity index is 2.54. The molecule has 0 radical (unpaired) electrons. The Morgan fingerprint density at radius 2 is 2.31 bits per heavy atom. The molecule has 0 bridgehead atoms. The highest BCUT2D eigenvalue weighted by atomic mass is 79.9. The molecular formula is C10H9BrClN3O. The molecule has 2 rings (SSSR count). The molecule has 4 nitrogen and oxygen atoms in total. The van der Waals surface area contributed by atoms with Crippen molar-refractivity contribution in [3.8, 4) is 11.4 Å². The van der Waals surface area contributed by atoms with E-state index in [-0.39, 0.29) is 0 Å². The Kier molecular flexibility index (Phi) is 3.46. The minimum absolute atomic E-state index is 0.358. The summed E-state index contributed by atoms with van der Waals surface area (Å²) in [4.78, 5) is 0. The van der Waals surface area contributed by atoms with Crippen molar-refractivity contribution < 1.29 is 4.74 Å². The largest absolute Gasteiger partial charge is 0.497 e. The predicted molar refractivity (Wildman–Crippen MR) is 65.2 cm³/mol. The zero-order valence-corrected chi connectivity index (χ0v) is 10.9. The number of alkyl halides is 1. The maximum atomic E-state index is 5.80. The number of ether oxygens (including phenoxy) is 1. The van der Waals surface area contributed by atoms with Crippen LogP contribution in [0.2, 0.25) is 0 Å². The monoisotopic (exact) mass is 301 g/mol.